The van der Waals surface area contributed by atoms with Crippen molar-refractivity contribution in [3.63, 3.8) is 0 Å². The van der Waals surface area contributed by atoms with E-state index < -0.39 is 0 Å². The summed E-state index contributed by atoms with van der Waals surface area (Å²) in [6, 6.07) is 1.30. The van der Waals surface area contributed by atoms with Crippen molar-refractivity contribution < 1.29 is 5.11 Å². The maximum atomic E-state index is 9.67. The Morgan fingerprint density at radius 1 is 1.25 bits per heavy atom. The molecule has 2 aliphatic rings. The minimum Gasteiger partial charge on any atom is -0.392 e. The van der Waals surface area contributed by atoms with Crippen LogP contribution in [-0.2, 0) is 0 Å². The van der Waals surface area contributed by atoms with Gasteiger partial charge in [0.15, 0.2) is 0 Å². The molecule has 0 aromatic heterocycles. The molecule has 94 valence electrons. The number of likely N-dealkylation sites (N-methyl/N-ethyl adjacent to an activating group) is 1. The van der Waals surface area contributed by atoms with Gasteiger partial charge in [0.2, 0.25) is 0 Å². The standard InChI is InChI=1S/C13H26N2O/c1-2-15-10-13(16)8-12(15)9-14-11-6-4-3-5-7-11/h11-14,16H,2-10H2,1H3. The highest BCUT2D eigenvalue weighted by atomic mass is 16.3. The first-order valence-electron chi connectivity index (χ1n) is 6.95. The van der Waals surface area contributed by atoms with Crippen LogP contribution >= 0.6 is 0 Å². The SMILES string of the molecule is CCN1CC(O)CC1CNC1CCCCC1. The summed E-state index contributed by atoms with van der Waals surface area (Å²) in [6.07, 6.45) is 7.75. The second kappa shape index (κ2) is 5.99. The van der Waals surface area contributed by atoms with Crippen molar-refractivity contribution in [1.82, 2.24) is 10.2 Å². The molecule has 3 heteroatoms. The van der Waals surface area contributed by atoms with Gasteiger partial charge in [-0.3, -0.25) is 4.90 Å². The molecule has 0 bridgehead atoms. The molecule has 3 nitrogen and oxygen atoms in total. The largest absolute Gasteiger partial charge is 0.392 e. The summed E-state index contributed by atoms with van der Waals surface area (Å²) in [5.74, 6) is 0. The molecule has 1 heterocycles. The van der Waals surface area contributed by atoms with Crippen molar-refractivity contribution in [2.75, 3.05) is 19.6 Å². The Hall–Kier alpha value is -0.120. The van der Waals surface area contributed by atoms with Crippen LogP contribution in [-0.4, -0.2) is 47.8 Å². The Labute approximate surface area is 99.2 Å². The highest BCUT2D eigenvalue weighted by molar-refractivity contribution is 4.87. The van der Waals surface area contributed by atoms with Gasteiger partial charge < -0.3 is 10.4 Å². The third-order valence-electron chi connectivity index (χ3n) is 4.16. The molecule has 16 heavy (non-hydrogen) atoms. The highest BCUT2D eigenvalue weighted by Gasteiger charge is 2.29. The quantitative estimate of drug-likeness (QED) is 0.760. The molecule has 2 unspecified atom stereocenters. The van der Waals surface area contributed by atoms with Crippen LogP contribution < -0.4 is 5.32 Å². The van der Waals surface area contributed by atoms with Crippen molar-refractivity contribution in [3.05, 3.63) is 0 Å². The van der Waals surface area contributed by atoms with E-state index in [-0.39, 0.29) is 6.10 Å². The van der Waals surface area contributed by atoms with E-state index in [1.807, 2.05) is 0 Å². The summed E-state index contributed by atoms with van der Waals surface area (Å²) in [4.78, 5) is 2.40. The molecule has 0 amide bonds. The predicted octanol–water partition coefficient (Wildman–Crippen LogP) is 1.36. The smallest absolute Gasteiger partial charge is 0.0682 e. The van der Waals surface area contributed by atoms with E-state index in [1.54, 1.807) is 0 Å². The highest BCUT2D eigenvalue weighted by Crippen LogP contribution is 2.20. The molecule has 2 rings (SSSR count). The van der Waals surface area contributed by atoms with Gasteiger partial charge in [0.05, 0.1) is 6.10 Å². The van der Waals surface area contributed by atoms with Crippen LogP contribution in [0.25, 0.3) is 0 Å². The first kappa shape index (κ1) is 12.3. The van der Waals surface area contributed by atoms with Crippen LogP contribution in [0.4, 0.5) is 0 Å². The number of β-amino-alcohol motifs (C(OH)–C–C–N with tert-alkyl or cyclic N) is 1. The van der Waals surface area contributed by atoms with E-state index in [4.69, 9.17) is 0 Å². The van der Waals surface area contributed by atoms with Crippen molar-refractivity contribution >= 4 is 0 Å². The predicted molar refractivity (Wildman–Crippen MR) is 66.5 cm³/mol. The lowest BCUT2D eigenvalue weighted by atomic mass is 9.95. The van der Waals surface area contributed by atoms with E-state index in [0.29, 0.717) is 6.04 Å². The van der Waals surface area contributed by atoms with Gasteiger partial charge in [-0.05, 0) is 25.8 Å². The first-order chi connectivity index (χ1) is 7.79. The maximum Gasteiger partial charge on any atom is 0.0682 e. The first-order valence-corrected chi connectivity index (χ1v) is 6.95. The Bertz CT molecular complexity index is 204. The van der Waals surface area contributed by atoms with Crippen LogP contribution in [0, 0.1) is 0 Å². The lowest BCUT2D eigenvalue weighted by Crippen LogP contribution is -2.42. The second-order valence-corrected chi connectivity index (χ2v) is 5.37. The monoisotopic (exact) mass is 226 g/mol. The van der Waals surface area contributed by atoms with Crippen molar-refractivity contribution in [2.45, 2.75) is 63.6 Å². The second-order valence-electron chi connectivity index (χ2n) is 5.37. The zero-order valence-electron chi connectivity index (χ0n) is 10.5. The van der Waals surface area contributed by atoms with Crippen molar-refractivity contribution in [2.24, 2.45) is 0 Å². The number of hydrogen-bond acceptors (Lipinski definition) is 3. The number of rotatable bonds is 4. The lowest BCUT2D eigenvalue weighted by Gasteiger charge is -2.27. The lowest BCUT2D eigenvalue weighted by molar-refractivity contribution is 0.177. The fourth-order valence-electron chi connectivity index (χ4n) is 3.17. The molecule has 1 saturated carbocycles. The van der Waals surface area contributed by atoms with Gasteiger partial charge in [-0.15, -0.1) is 0 Å². The molecule has 1 saturated heterocycles. The molecule has 2 atom stereocenters. The number of aliphatic hydroxyl groups is 1. The molecule has 2 N–H and O–H groups in total. The van der Waals surface area contributed by atoms with Crippen LogP contribution in [0.1, 0.15) is 45.4 Å². The molecule has 0 spiro atoms. The zero-order chi connectivity index (χ0) is 11.4. The number of nitrogens with one attached hydrogen (secondary N) is 1. The van der Waals surface area contributed by atoms with Gasteiger partial charge in [-0.2, -0.15) is 0 Å². The van der Waals surface area contributed by atoms with Crippen molar-refractivity contribution in [3.8, 4) is 0 Å². The van der Waals surface area contributed by atoms with E-state index in [9.17, 15) is 5.11 Å². The Morgan fingerprint density at radius 2 is 2.00 bits per heavy atom. The summed E-state index contributed by atoms with van der Waals surface area (Å²) in [7, 11) is 0. The molecule has 0 aromatic carbocycles. The molecule has 2 fully saturated rings. The molecular weight excluding hydrogens is 200 g/mol. The fraction of sp³-hybridized carbons (Fsp3) is 1.00. The Kier molecular flexibility index (Phi) is 4.62. The molecule has 0 radical (unpaired) electrons. The van der Waals surface area contributed by atoms with E-state index in [1.165, 1.54) is 32.1 Å². The normalized spacial score (nSPS) is 33.4. The van der Waals surface area contributed by atoms with Gasteiger partial charge in [0.25, 0.3) is 0 Å². The maximum absolute atomic E-state index is 9.67. The average molecular weight is 226 g/mol. The molecule has 0 aromatic rings. The van der Waals surface area contributed by atoms with Crippen molar-refractivity contribution in [1.29, 1.82) is 0 Å². The van der Waals surface area contributed by atoms with Crippen LogP contribution in [0.5, 0.6) is 0 Å². The van der Waals surface area contributed by atoms with Crippen LogP contribution in [0.15, 0.2) is 0 Å². The number of hydrogen-bond donors (Lipinski definition) is 2. The van der Waals surface area contributed by atoms with E-state index in [2.05, 4.69) is 17.1 Å². The van der Waals surface area contributed by atoms with Gasteiger partial charge in [0, 0.05) is 25.2 Å². The average Bonchev–Trinajstić information content (AvgIpc) is 2.68. The summed E-state index contributed by atoms with van der Waals surface area (Å²) in [5, 5.41) is 13.4. The van der Waals surface area contributed by atoms with Gasteiger partial charge in [-0.25, -0.2) is 0 Å². The van der Waals surface area contributed by atoms with E-state index >= 15 is 0 Å². The summed E-state index contributed by atoms with van der Waals surface area (Å²) >= 11 is 0. The molecule has 1 aliphatic heterocycles. The molecular formula is C13H26N2O. The Balaban J connectivity index is 1.71. The minimum absolute atomic E-state index is 0.0990. The minimum atomic E-state index is -0.0990. The summed E-state index contributed by atoms with van der Waals surface area (Å²) < 4.78 is 0. The summed E-state index contributed by atoms with van der Waals surface area (Å²) in [5.41, 5.74) is 0. The zero-order valence-corrected chi connectivity index (χ0v) is 10.5. The van der Waals surface area contributed by atoms with Crippen LogP contribution in [0.3, 0.4) is 0 Å². The van der Waals surface area contributed by atoms with Crippen LogP contribution in [0.2, 0.25) is 0 Å². The van der Waals surface area contributed by atoms with E-state index in [0.717, 1.165) is 32.1 Å². The van der Waals surface area contributed by atoms with Gasteiger partial charge in [-0.1, -0.05) is 26.2 Å². The Morgan fingerprint density at radius 3 is 2.69 bits per heavy atom. The van der Waals surface area contributed by atoms with Gasteiger partial charge >= 0.3 is 0 Å². The third kappa shape index (κ3) is 3.19. The third-order valence-corrected chi connectivity index (χ3v) is 4.16. The fourth-order valence-corrected chi connectivity index (χ4v) is 3.17. The van der Waals surface area contributed by atoms with Gasteiger partial charge in [0.1, 0.15) is 0 Å². The molecule has 1 aliphatic carbocycles. The number of likely N-dealkylation sites (tertiary alicyclic amines) is 1. The number of nitrogens with zero attached hydrogens (tertiary/aromatic N) is 1. The number of aliphatic hydroxyl groups excluding tert-OH is 1. The summed E-state index contributed by atoms with van der Waals surface area (Å²) in [6.45, 7) is 5.18. The topological polar surface area (TPSA) is 35.5 Å².